The van der Waals surface area contributed by atoms with E-state index in [2.05, 4.69) is 4.72 Å². The summed E-state index contributed by atoms with van der Waals surface area (Å²) in [6.07, 6.45) is 1.28. The van der Waals surface area contributed by atoms with Gasteiger partial charge in [0, 0.05) is 24.3 Å². The summed E-state index contributed by atoms with van der Waals surface area (Å²) < 4.78 is 32.4. The number of amides is 1. The number of methoxy groups -OCH3 is 1. The van der Waals surface area contributed by atoms with Gasteiger partial charge >= 0.3 is 0 Å². The van der Waals surface area contributed by atoms with Gasteiger partial charge in [0.1, 0.15) is 5.75 Å². The van der Waals surface area contributed by atoms with Gasteiger partial charge in [0.05, 0.1) is 18.1 Å². The number of nitro benzene ring substituents is 1. The molecular formula is C17H17N3O6S. The van der Waals surface area contributed by atoms with Crippen LogP contribution in [-0.2, 0) is 14.8 Å². The van der Waals surface area contributed by atoms with Gasteiger partial charge in [0.25, 0.3) is 15.7 Å². The maximum atomic E-state index is 12.6. The van der Waals surface area contributed by atoms with Crippen LogP contribution < -0.4 is 14.4 Å². The first-order valence-electron chi connectivity index (χ1n) is 8.07. The van der Waals surface area contributed by atoms with Crippen LogP contribution in [0.1, 0.15) is 12.8 Å². The second-order valence-corrected chi connectivity index (χ2v) is 7.54. The highest BCUT2D eigenvalue weighted by atomic mass is 32.2. The average Bonchev–Trinajstić information content (AvgIpc) is 3.07. The van der Waals surface area contributed by atoms with Crippen LogP contribution in [-0.4, -0.2) is 32.9 Å². The zero-order valence-corrected chi connectivity index (χ0v) is 15.2. The summed E-state index contributed by atoms with van der Waals surface area (Å²) in [7, 11) is -2.85. The molecule has 9 nitrogen and oxygen atoms in total. The fourth-order valence-corrected chi connectivity index (χ4v) is 4.05. The van der Waals surface area contributed by atoms with Crippen LogP contribution in [0.25, 0.3) is 0 Å². The lowest BCUT2D eigenvalue weighted by Crippen LogP contribution is -2.23. The molecule has 0 unspecified atom stereocenters. The number of benzene rings is 2. The van der Waals surface area contributed by atoms with Crippen molar-refractivity contribution < 1.29 is 22.9 Å². The lowest BCUT2D eigenvalue weighted by atomic mass is 10.2. The van der Waals surface area contributed by atoms with Crippen LogP contribution in [0.5, 0.6) is 5.75 Å². The molecule has 1 heterocycles. The van der Waals surface area contributed by atoms with E-state index < -0.39 is 25.5 Å². The first-order valence-corrected chi connectivity index (χ1v) is 9.56. The molecule has 2 aromatic carbocycles. The number of nitro groups is 1. The normalized spacial score (nSPS) is 14.3. The molecule has 27 heavy (non-hydrogen) atoms. The van der Waals surface area contributed by atoms with Crippen molar-refractivity contribution >= 4 is 33.0 Å². The lowest BCUT2D eigenvalue weighted by molar-refractivity contribution is -0.387. The number of nitrogens with one attached hydrogen (secondary N) is 1. The molecule has 1 aliphatic heterocycles. The molecule has 0 bridgehead atoms. The van der Waals surface area contributed by atoms with Crippen molar-refractivity contribution in [3.05, 3.63) is 52.6 Å². The Bertz CT molecular complexity index is 988. The molecule has 142 valence electrons. The summed E-state index contributed by atoms with van der Waals surface area (Å²) >= 11 is 0. The van der Waals surface area contributed by atoms with Crippen molar-refractivity contribution in [2.24, 2.45) is 0 Å². The summed E-state index contributed by atoms with van der Waals surface area (Å²) in [6, 6.07) is 9.78. The number of sulfonamides is 1. The van der Waals surface area contributed by atoms with E-state index in [9.17, 15) is 23.3 Å². The van der Waals surface area contributed by atoms with Crippen molar-refractivity contribution in [1.82, 2.24) is 0 Å². The van der Waals surface area contributed by atoms with Crippen molar-refractivity contribution in [3.63, 3.8) is 0 Å². The summed E-state index contributed by atoms with van der Waals surface area (Å²) in [5.74, 6) is 0.206. The van der Waals surface area contributed by atoms with Crippen LogP contribution >= 0.6 is 0 Å². The highest BCUT2D eigenvalue weighted by Crippen LogP contribution is 2.30. The third-order valence-electron chi connectivity index (χ3n) is 4.16. The second-order valence-electron chi connectivity index (χ2n) is 5.89. The molecule has 0 spiro atoms. The SMILES string of the molecule is COc1ccc(S(=O)(=O)Nc2ccc(N3CCCC3=O)cc2)c([N+](=O)[O-])c1. The van der Waals surface area contributed by atoms with E-state index in [0.29, 0.717) is 18.7 Å². The Morgan fingerprint density at radius 3 is 2.44 bits per heavy atom. The topological polar surface area (TPSA) is 119 Å². The predicted molar refractivity (Wildman–Crippen MR) is 98.5 cm³/mol. The summed E-state index contributed by atoms with van der Waals surface area (Å²) in [5.41, 5.74) is 0.326. The van der Waals surface area contributed by atoms with Gasteiger partial charge in [0.15, 0.2) is 4.90 Å². The fraction of sp³-hybridized carbons (Fsp3) is 0.235. The maximum Gasteiger partial charge on any atom is 0.293 e. The number of hydrogen-bond acceptors (Lipinski definition) is 6. The minimum atomic E-state index is -4.18. The second kappa shape index (κ2) is 7.23. The maximum absolute atomic E-state index is 12.6. The van der Waals surface area contributed by atoms with E-state index in [1.165, 1.54) is 25.3 Å². The number of nitrogens with zero attached hydrogens (tertiary/aromatic N) is 2. The molecule has 1 aliphatic rings. The molecule has 0 saturated carbocycles. The van der Waals surface area contributed by atoms with Crippen LogP contribution in [0.3, 0.4) is 0 Å². The minimum absolute atomic E-state index is 0.0252. The largest absolute Gasteiger partial charge is 0.497 e. The van der Waals surface area contributed by atoms with E-state index in [4.69, 9.17) is 4.74 Å². The summed E-state index contributed by atoms with van der Waals surface area (Å²) in [6.45, 7) is 0.627. The zero-order valence-electron chi connectivity index (χ0n) is 14.4. The lowest BCUT2D eigenvalue weighted by Gasteiger charge is -2.16. The molecule has 2 aromatic rings. The fourth-order valence-electron chi connectivity index (χ4n) is 2.83. The Balaban J connectivity index is 1.86. The number of ether oxygens (including phenoxy) is 1. The van der Waals surface area contributed by atoms with Gasteiger partial charge < -0.3 is 9.64 Å². The monoisotopic (exact) mass is 391 g/mol. The smallest absolute Gasteiger partial charge is 0.293 e. The molecule has 3 rings (SSSR count). The highest BCUT2D eigenvalue weighted by molar-refractivity contribution is 7.92. The first kappa shape index (κ1) is 18.6. The van der Waals surface area contributed by atoms with Crippen molar-refractivity contribution in [2.45, 2.75) is 17.7 Å². The van der Waals surface area contributed by atoms with Gasteiger partial charge in [-0.05, 0) is 42.8 Å². The molecule has 1 saturated heterocycles. The third kappa shape index (κ3) is 3.85. The molecular weight excluding hydrogens is 374 g/mol. The van der Waals surface area contributed by atoms with Gasteiger partial charge in [-0.2, -0.15) is 0 Å². The molecule has 0 atom stereocenters. The zero-order chi connectivity index (χ0) is 19.6. The molecule has 0 radical (unpaired) electrons. The number of carbonyl (C=O) groups excluding carboxylic acids is 1. The Kier molecular flexibility index (Phi) is 5.00. The Labute approximate surface area is 155 Å². The van der Waals surface area contributed by atoms with E-state index in [0.717, 1.165) is 18.6 Å². The molecule has 0 aliphatic carbocycles. The Morgan fingerprint density at radius 2 is 1.89 bits per heavy atom. The molecule has 1 N–H and O–H groups in total. The van der Waals surface area contributed by atoms with Crippen molar-refractivity contribution in [2.75, 3.05) is 23.3 Å². The standard InChI is InChI=1S/C17H17N3O6S/c1-26-14-8-9-16(15(11-14)20(22)23)27(24,25)18-12-4-6-13(7-5-12)19-10-2-3-17(19)21/h4-9,11,18H,2-3,10H2,1H3. The van der Waals surface area contributed by atoms with Gasteiger partial charge in [-0.15, -0.1) is 0 Å². The van der Waals surface area contributed by atoms with Gasteiger partial charge in [-0.1, -0.05) is 0 Å². The van der Waals surface area contributed by atoms with Crippen LogP contribution in [0.2, 0.25) is 0 Å². The van der Waals surface area contributed by atoms with Crippen LogP contribution in [0.15, 0.2) is 47.4 Å². The number of hydrogen-bond donors (Lipinski definition) is 1. The van der Waals surface area contributed by atoms with E-state index in [1.54, 1.807) is 17.0 Å². The minimum Gasteiger partial charge on any atom is -0.497 e. The van der Waals surface area contributed by atoms with Crippen molar-refractivity contribution in [1.29, 1.82) is 0 Å². The molecule has 0 aromatic heterocycles. The summed E-state index contributed by atoms with van der Waals surface area (Å²) in [5, 5.41) is 11.2. The van der Waals surface area contributed by atoms with E-state index >= 15 is 0 Å². The van der Waals surface area contributed by atoms with Gasteiger partial charge in [0.2, 0.25) is 5.91 Å². The Hall–Kier alpha value is -3.14. The third-order valence-corrected chi connectivity index (χ3v) is 5.59. The number of anilines is 2. The predicted octanol–water partition coefficient (Wildman–Crippen LogP) is 2.53. The van der Waals surface area contributed by atoms with Crippen LogP contribution in [0, 0.1) is 10.1 Å². The molecule has 1 amide bonds. The first-order chi connectivity index (χ1) is 12.8. The van der Waals surface area contributed by atoms with Crippen molar-refractivity contribution in [3.8, 4) is 5.75 Å². The van der Waals surface area contributed by atoms with Crippen LogP contribution in [0.4, 0.5) is 17.1 Å². The summed E-state index contributed by atoms with van der Waals surface area (Å²) in [4.78, 5) is 23.4. The van der Waals surface area contributed by atoms with E-state index in [-0.39, 0.29) is 17.3 Å². The molecule has 10 heteroatoms. The quantitative estimate of drug-likeness (QED) is 0.597. The van der Waals surface area contributed by atoms with Gasteiger partial charge in [-0.3, -0.25) is 19.6 Å². The Morgan fingerprint density at radius 1 is 1.19 bits per heavy atom. The van der Waals surface area contributed by atoms with E-state index in [1.807, 2.05) is 0 Å². The number of rotatable bonds is 6. The average molecular weight is 391 g/mol. The number of carbonyl (C=O) groups is 1. The molecule has 1 fully saturated rings. The van der Waals surface area contributed by atoms with Gasteiger partial charge in [-0.25, -0.2) is 8.42 Å². The highest BCUT2D eigenvalue weighted by Gasteiger charge is 2.27.